The van der Waals surface area contributed by atoms with E-state index in [2.05, 4.69) is 15.9 Å². The molecule has 0 amide bonds. The maximum atomic E-state index is 13.7. The fourth-order valence-corrected chi connectivity index (χ4v) is 5.45. The first-order valence-electron chi connectivity index (χ1n) is 9.33. The number of hydrogen-bond donors (Lipinski definition) is 1. The number of aromatic carboxylic acids is 1. The number of aromatic nitrogens is 1. The Hall–Kier alpha value is -3.43. The number of carbonyl (C=O) groups excluding carboxylic acids is 1. The Morgan fingerprint density at radius 2 is 1.62 bits per heavy atom. The Labute approximate surface area is 192 Å². The Morgan fingerprint density at radius 1 is 0.969 bits per heavy atom. The molecule has 0 unspecified atom stereocenters. The van der Waals surface area contributed by atoms with Crippen LogP contribution in [0.3, 0.4) is 0 Å². The number of hydrogen-bond acceptors (Lipinski definition) is 5. The first-order valence-corrected chi connectivity index (χ1v) is 11.6. The summed E-state index contributed by atoms with van der Waals surface area (Å²) >= 11 is 3.30. The molecule has 162 valence electrons. The van der Waals surface area contributed by atoms with Gasteiger partial charge >= 0.3 is 5.97 Å². The molecule has 1 heterocycles. The van der Waals surface area contributed by atoms with Crippen LogP contribution in [0.2, 0.25) is 0 Å². The van der Waals surface area contributed by atoms with E-state index in [-0.39, 0.29) is 27.1 Å². The molecule has 4 rings (SSSR count). The third-order valence-electron chi connectivity index (χ3n) is 4.95. The summed E-state index contributed by atoms with van der Waals surface area (Å²) in [4.78, 5) is 25.9. The van der Waals surface area contributed by atoms with Gasteiger partial charge in [0.2, 0.25) is 5.78 Å². The van der Waals surface area contributed by atoms with E-state index in [0.29, 0.717) is 4.47 Å². The summed E-state index contributed by atoms with van der Waals surface area (Å²) in [5, 5.41) is 10.1. The van der Waals surface area contributed by atoms with E-state index in [4.69, 9.17) is 4.74 Å². The molecule has 32 heavy (non-hydrogen) atoms. The van der Waals surface area contributed by atoms with Gasteiger partial charge in [0.05, 0.1) is 28.6 Å². The second kappa shape index (κ2) is 8.25. The summed E-state index contributed by atoms with van der Waals surface area (Å²) in [6.07, 6.45) is 0. The van der Waals surface area contributed by atoms with Crippen molar-refractivity contribution in [2.45, 2.75) is 4.90 Å². The fourth-order valence-electron chi connectivity index (χ4n) is 3.56. The summed E-state index contributed by atoms with van der Waals surface area (Å²) in [6, 6.07) is 18.2. The predicted octanol–water partition coefficient (Wildman–Crippen LogP) is 4.58. The number of ether oxygens (including phenoxy) is 1. The molecule has 0 fully saturated rings. The van der Waals surface area contributed by atoms with E-state index in [1.807, 2.05) is 0 Å². The van der Waals surface area contributed by atoms with Crippen molar-refractivity contribution in [3.05, 3.63) is 94.1 Å². The van der Waals surface area contributed by atoms with Crippen molar-refractivity contribution in [1.29, 1.82) is 0 Å². The second-order valence-electron chi connectivity index (χ2n) is 6.80. The van der Waals surface area contributed by atoms with E-state index >= 15 is 0 Å². The highest BCUT2D eigenvalue weighted by molar-refractivity contribution is 9.10. The molecule has 0 saturated heterocycles. The molecule has 1 aromatic heterocycles. The van der Waals surface area contributed by atoms with Crippen LogP contribution in [0.1, 0.15) is 26.4 Å². The molecule has 7 nitrogen and oxygen atoms in total. The summed E-state index contributed by atoms with van der Waals surface area (Å²) in [6.45, 7) is 0. The van der Waals surface area contributed by atoms with Crippen LogP contribution in [0.25, 0.3) is 10.9 Å². The Bertz CT molecular complexity index is 1480. The average Bonchev–Trinajstić information content (AvgIpc) is 3.15. The largest absolute Gasteiger partial charge is 0.496 e. The quantitative estimate of drug-likeness (QED) is 0.378. The number of rotatable bonds is 6. The van der Waals surface area contributed by atoms with Crippen LogP contribution in [0.15, 0.2) is 82.2 Å². The lowest BCUT2D eigenvalue weighted by Gasteiger charge is -2.13. The first kappa shape index (κ1) is 21.8. The number of para-hydroxylation sites is 1. The van der Waals surface area contributed by atoms with Crippen LogP contribution in [-0.2, 0) is 10.0 Å². The van der Waals surface area contributed by atoms with Gasteiger partial charge in [0.1, 0.15) is 11.4 Å². The number of fused-ring (bicyclic) bond motifs is 1. The molecule has 1 N–H and O–H groups in total. The van der Waals surface area contributed by atoms with Crippen LogP contribution in [-0.4, -0.2) is 36.4 Å². The van der Waals surface area contributed by atoms with Gasteiger partial charge in [-0.3, -0.25) is 4.79 Å². The molecule has 0 saturated carbocycles. The minimum absolute atomic E-state index is 0.0329. The highest BCUT2D eigenvalue weighted by atomic mass is 79.9. The fraction of sp³-hybridized carbons (Fsp3) is 0.0435. The lowest BCUT2D eigenvalue weighted by atomic mass is 10.0. The van der Waals surface area contributed by atoms with Crippen molar-refractivity contribution in [2.75, 3.05) is 7.11 Å². The standard InChI is InChI=1S/C23H16BrNO6S/c1-31-19-13-14(24)11-12-17(19)22(26)21-20(23(27)28)16-9-5-6-10-18(16)25(21)32(29,30)15-7-3-2-4-8-15/h2-13H,1H3,(H,27,28). The predicted molar refractivity (Wildman–Crippen MR) is 122 cm³/mol. The molecule has 0 bridgehead atoms. The molecule has 0 radical (unpaired) electrons. The zero-order valence-corrected chi connectivity index (χ0v) is 19.1. The molecule has 4 aromatic rings. The number of nitrogens with zero attached hydrogens (tertiary/aromatic N) is 1. The lowest BCUT2D eigenvalue weighted by Crippen LogP contribution is -2.21. The van der Waals surface area contributed by atoms with Crippen LogP contribution in [0, 0.1) is 0 Å². The minimum Gasteiger partial charge on any atom is -0.496 e. The van der Waals surface area contributed by atoms with Crippen molar-refractivity contribution >= 4 is 48.6 Å². The van der Waals surface area contributed by atoms with Gasteiger partial charge in [-0.15, -0.1) is 0 Å². The highest BCUT2D eigenvalue weighted by Crippen LogP contribution is 2.34. The third kappa shape index (κ3) is 3.49. The molecular weight excluding hydrogens is 498 g/mol. The number of carbonyl (C=O) groups is 2. The van der Waals surface area contributed by atoms with Gasteiger partial charge in [-0.05, 0) is 36.4 Å². The maximum absolute atomic E-state index is 13.7. The minimum atomic E-state index is -4.31. The summed E-state index contributed by atoms with van der Waals surface area (Å²) in [5.74, 6) is -2.03. The van der Waals surface area contributed by atoms with Gasteiger partial charge < -0.3 is 9.84 Å². The number of carboxylic acid groups (broad SMARTS) is 1. The normalized spacial score (nSPS) is 11.4. The number of carboxylic acids is 1. The van der Waals surface area contributed by atoms with Crippen LogP contribution < -0.4 is 4.74 Å². The van der Waals surface area contributed by atoms with Gasteiger partial charge in [-0.2, -0.15) is 0 Å². The molecule has 0 aliphatic heterocycles. The van der Waals surface area contributed by atoms with E-state index < -0.39 is 33.0 Å². The molecule has 0 spiro atoms. The first-order chi connectivity index (χ1) is 15.3. The Morgan fingerprint density at radius 3 is 2.28 bits per heavy atom. The maximum Gasteiger partial charge on any atom is 0.338 e. The van der Waals surface area contributed by atoms with Crippen molar-refractivity contribution in [3.63, 3.8) is 0 Å². The smallest absolute Gasteiger partial charge is 0.338 e. The monoisotopic (exact) mass is 513 g/mol. The van der Waals surface area contributed by atoms with Gasteiger partial charge in [0, 0.05) is 9.86 Å². The topological polar surface area (TPSA) is 103 Å². The third-order valence-corrected chi connectivity index (χ3v) is 7.17. The summed E-state index contributed by atoms with van der Waals surface area (Å²) in [5.41, 5.74) is -0.739. The zero-order valence-electron chi connectivity index (χ0n) is 16.7. The summed E-state index contributed by atoms with van der Waals surface area (Å²) < 4.78 is 34.0. The van der Waals surface area contributed by atoms with E-state index in [0.717, 1.165) is 3.97 Å². The SMILES string of the molecule is COc1cc(Br)ccc1C(=O)c1c(C(=O)O)c2ccccc2n1S(=O)(=O)c1ccccc1. The second-order valence-corrected chi connectivity index (χ2v) is 9.50. The van der Waals surface area contributed by atoms with Crippen molar-refractivity contribution in [1.82, 2.24) is 3.97 Å². The van der Waals surface area contributed by atoms with E-state index in [9.17, 15) is 23.1 Å². The molecule has 0 aliphatic carbocycles. The van der Waals surface area contributed by atoms with Crippen LogP contribution in [0.5, 0.6) is 5.75 Å². The van der Waals surface area contributed by atoms with Gasteiger partial charge in [-0.1, -0.05) is 52.3 Å². The number of methoxy groups -OCH3 is 1. The van der Waals surface area contributed by atoms with Gasteiger partial charge in [-0.25, -0.2) is 17.2 Å². The molecular formula is C23H16BrNO6S. The summed E-state index contributed by atoms with van der Waals surface area (Å²) in [7, 11) is -2.94. The van der Waals surface area contributed by atoms with Crippen LogP contribution in [0.4, 0.5) is 0 Å². The zero-order chi connectivity index (χ0) is 23.0. The Kier molecular flexibility index (Phi) is 5.62. The van der Waals surface area contributed by atoms with Crippen molar-refractivity contribution in [3.8, 4) is 5.75 Å². The molecule has 9 heteroatoms. The van der Waals surface area contributed by atoms with Crippen LogP contribution >= 0.6 is 15.9 Å². The average molecular weight is 514 g/mol. The highest BCUT2D eigenvalue weighted by Gasteiger charge is 2.34. The van der Waals surface area contributed by atoms with Gasteiger partial charge in [0.15, 0.2) is 0 Å². The van der Waals surface area contributed by atoms with Crippen molar-refractivity contribution < 1.29 is 27.9 Å². The van der Waals surface area contributed by atoms with E-state index in [1.54, 1.807) is 42.5 Å². The molecule has 0 atom stereocenters. The Balaban J connectivity index is 2.13. The van der Waals surface area contributed by atoms with Crippen molar-refractivity contribution in [2.24, 2.45) is 0 Å². The molecule has 3 aromatic carbocycles. The lowest BCUT2D eigenvalue weighted by molar-refractivity contribution is 0.0694. The molecule has 0 aliphatic rings. The number of benzene rings is 3. The number of ketones is 1. The number of halogens is 1. The van der Waals surface area contributed by atoms with E-state index in [1.165, 1.54) is 37.4 Å². The van der Waals surface area contributed by atoms with Gasteiger partial charge in [0.25, 0.3) is 10.0 Å².